The number of unbranched alkanes of at least 4 members (excludes halogenated alkanes) is 8. The van der Waals surface area contributed by atoms with Gasteiger partial charge in [-0.2, -0.15) is 0 Å². The first-order valence-electron chi connectivity index (χ1n) is 9.06. The first kappa shape index (κ1) is 35.2. The van der Waals surface area contributed by atoms with E-state index in [0.29, 0.717) is 6.42 Å². The van der Waals surface area contributed by atoms with E-state index in [2.05, 4.69) is 6.92 Å². The molecule has 0 aliphatic rings. The molecule has 0 amide bonds. The van der Waals surface area contributed by atoms with E-state index < -0.39 is 5.97 Å². The molecule has 4 N–H and O–H groups in total. The van der Waals surface area contributed by atoms with Crippen LogP contribution in [-0.2, 0) is 26.5 Å². The fourth-order valence-electron chi connectivity index (χ4n) is 1.59. The van der Waals surface area contributed by atoms with Gasteiger partial charge in [-0.1, -0.05) is 58.3 Å². The fourth-order valence-corrected chi connectivity index (χ4v) is 1.59. The van der Waals surface area contributed by atoms with Gasteiger partial charge in [0, 0.05) is 48.0 Å². The minimum atomic E-state index is -0.659. The quantitative estimate of drug-likeness (QED) is 0.336. The molecule has 0 aromatic rings. The second kappa shape index (κ2) is 43.5. The van der Waals surface area contributed by atoms with Crippen molar-refractivity contribution in [1.82, 2.24) is 0 Å². The van der Waals surface area contributed by atoms with Gasteiger partial charge in [0.15, 0.2) is 0 Å². The summed E-state index contributed by atoms with van der Waals surface area (Å²) >= 11 is 0. The number of rotatable bonds is 10. The molecule has 0 rings (SSSR count). The zero-order chi connectivity index (χ0) is 18.8. The Kier molecular flexibility index (Phi) is 63.9. The number of hydrogen-bond donors (Lipinski definition) is 4. The molecule has 0 aliphatic heterocycles. The van der Waals surface area contributed by atoms with Gasteiger partial charge in [-0.15, -0.1) is 0 Å². The number of aliphatic hydroxyl groups is 3. The maximum atomic E-state index is 10.2. The number of carboxylic acids is 1. The Morgan fingerprint density at radius 2 is 0.875 bits per heavy atom. The van der Waals surface area contributed by atoms with Crippen molar-refractivity contribution in [2.45, 2.75) is 91.9 Å². The molecule has 0 aliphatic carbocycles. The largest absolute Gasteiger partial charge is 0.481 e. The normalized spacial score (nSPS) is 8.29. The van der Waals surface area contributed by atoms with Crippen LogP contribution in [0, 0.1) is 0 Å². The van der Waals surface area contributed by atoms with Crippen molar-refractivity contribution in [2.24, 2.45) is 0 Å². The predicted octanol–water partition coefficient (Wildman–Crippen LogP) is 3.99. The molecule has 0 aromatic heterocycles. The smallest absolute Gasteiger partial charge is 0.303 e. The predicted molar refractivity (Wildman–Crippen MR) is 97.8 cm³/mol. The van der Waals surface area contributed by atoms with E-state index in [1.807, 2.05) is 0 Å². The van der Waals surface area contributed by atoms with Crippen LogP contribution in [0.4, 0.5) is 0 Å². The molecule has 0 aromatic carbocycles. The first-order valence-corrected chi connectivity index (χ1v) is 9.06. The Bertz CT molecular complexity index is 176. The molecule has 0 unspecified atom stereocenters. The van der Waals surface area contributed by atoms with E-state index in [-0.39, 0.29) is 41.5 Å². The van der Waals surface area contributed by atoms with Gasteiger partial charge in [-0.05, 0) is 27.2 Å². The molecular weight excluding hydrogens is 344 g/mol. The maximum Gasteiger partial charge on any atom is 0.303 e. The van der Waals surface area contributed by atoms with Crippen molar-refractivity contribution in [3.63, 3.8) is 0 Å². The molecule has 0 fully saturated rings. The van der Waals surface area contributed by atoms with Crippen LogP contribution in [0.5, 0.6) is 0 Å². The van der Waals surface area contributed by atoms with Crippen molar-refractivity contribution in [3.8, 4) is 0 Å². The zero-order valence-electron chi connectivity index (χ0n) is 16.4. The van der Waals surface area contributed by atoms with Crippen molar-refractivity contribution in [1.29, 1.82) is 0 Å². The van der Waals surface area contributed by atoms with Crippen LogP contribution in [0.25, 0.3) is 0 Å². The second-order valence-electron chi connectivity index (χ2n) is 4.92. The number of carboxylic acid groups (broad SMARTS) is 1. The topological polar surface area (TPSA) is 98.0 Å². The SMILES string of the molecule is CCCCCCCCCCCC(=O)O.CCO.CCO.CCO.[Ti]. The Balaban J connectivity index is -0.000000100. The van der Waals surface area contributed by atoms with Crippen molar-refractivity contribution in [3.05, 3.63) is 0 Å². The summed E-state index contributed by atoms with van der Waals surface area (Å²) in [7, 11) is 0. The van der Waals surface area contributed by atoms with Gasteiger partial charge < -0.3 is 20.4 Å². The summed E-state index contributed by atoms with van der Waals surface area (Å²) < 4.78 is 0. The summed E-state index contributed by atoms with van der Waals surface area (Å²) in [4.78, 5) is 10.2. The molecule has 0 radical (unpaired) electrons. The van der Waals surface area contributed by atoms with Gasteiger partial charge in [0.2, 0.25) is 0 Å². The average molecular weight is 386 g/mol. The van der Waals surface area contributed by atoms with Crippen molar-refractivity contribution >= 4 is 5.97 Å². The minimum Gasteiger partial charge on any atom is -0.481 e. The molecule has 0 saturated carbocycles. The first-order chi connectivity index (χ1) is 11.0. The van der Waals surface area contributed by atoms with Crippen LogP contribution in [0.1, 0.15) is 91.9 Å². The van der Waals surface area contributed by atoms with Crippen molar-refractivity contribution in [2.75, 3.05) is 19.8 Å². The van der Waals surface area contributed by atoms with E-state index in [4.69, 9.17) is 20.4 Å². The van der Waals surface area contributed by atoms with Crippen LogP contribution in [0.15, 0.2) is 0 Å². The Morgan fingerprint density at radius 3 is 1.12 bits per heavy atom. The van der Waals surface area contributed by atoms with Crippen LogP contribution in [-0.4, -0.2) is 46.2 Å². The number of aliphatic carboxylic acids is 1. The summed E-state index contributed by atoms with van der Waals surface area (Å²) in [6, 6.07) is 0. The number of carbonyl (C=O) groups is 1. The summed E-state index contributed by atoms with van der Waals surface area (Å²) in [5.41, 5.74) is 0. The third-order valence-corrected chi connectivity index (χ3v) is 2.49. The third kappa shape index (κ3) is 80.0. The molecule has 0 bridgehead atoms. The molecule has 0 spiro atoms. The standard InChI is InChI=1S/C12H24O2.3C2H6O.Ti/c1-2-3-4-5-6-7-8-9-10-11-12(13)14;3*1-2-3;/h2-11H2,1H3,(H,13,14);3*3H,2H2,1H3;. The molecule has 0 heterocycles. The Morgan fingerprint density at radius 1 is 0.625 bits per heavy atom. The molecule has 5 nitrogen and oxygen atoms in total. The van der Waals surface area contributed by atoms with E-state index in [1.54, 1.807) is 20.8 Å². The average Bonchev–Trinajstić information content (AvgIpc) is 2.48. The molecule has 0 atom stereocenters. The molecule has 0 saturated heterocycles. The Labute approximate surface area is 164 Å². The van der Waals surface area contributed by atoms with Gasteiger partial charge in [-0.3, -0.25) is 4.79 Å². The van der Waals surface area contributed by atoms with Gasteiger partial charge in [0.1, 0.15) is 0 Å². The van der Waals surface area contributed by atoms with Gasteiger partial charge in [0.05, 0.1) is 0 Å². The van der Waals surface area contributed by atoms with E-state index in [1.165, 1.54) is 44.9 Å². The van der Waals surface area contributed by atoms with Crippen LogP contribution in [0.3, 0.4) is 0 Å². The molecular formula is C18H42O5Ti. The second-order valence-corrected chi connectivity index (χ2v) is 4.92. The van der Waals surface area contributed by atoms with Gasteiger partial charge >= 0.3 is 5.97 Å². The van der Waals surface area contributed by atoms with E-state index in [0.717, 1.165) is 12.8 Å². The third-order valence-electron chi connectivity index (χ3n) is 2.49. The summed E-state index contributed by atoms with van der Waals surface area (Å²) in [5.74, 6) is -0.659. The van der Waals surface area contributed by atoms with Crippen LogP contribution in [0.2, 0.25) is 0 Å². The van der Waals surface area contributed by atoms with E-state index in [9.17, 15) is 4.79 Å². The summed E-state index contributed by atoms with van der Waals surface area (Å²) in [6.45, 7) is 8.02. The monoisotopic (exact) mass is 386 g/mol. The Hall–Kier alpha value is 0.0643. The molecule has 148 valence electrons. The summed E-state index contributed by atoms with van der Waals surface area (Å²) in [5, 5.41) is 31.1. The molecule has 24 heavy (non-hydrogen) atoms. The maximum absolute atomic E-state index is 10.2. The summed E-state index contributed by atoms with van der Waals surface area (Å²) in [6.07, 6.45) is 11.5. The molecule has 6 heteroatoms. The van der Waals surface area contributed by atoms with Crippen LogP contribution < -0.4 is 0 Å². The number of aliphatic hydroxyl groups excluding tert-OH is 3. The zero-order valence-corrected chi connectivity index (χ0v) is 18.0. The number of hydrogen-bond acceptors (Lipinski definition) is 4. The van der Waals surface area contributed by atoms with Gasteiger partial charge in [0.25, 0.3) is 0 Å². The minimum absolute atomic E-state index is 0. The van der Waals surface area contributed by atoms with Crippen LogP contribution >= 0.6 is 0 Å². The van der Waals surface area contributed by atoms with Crippen molar-refractivity contribution < 1.29 is 46.9 Å². The van der Waals surface area contributed by atoms with Gasteiger partial charge in [-0.25, -0.2) is 0 Å². The fraction of sp³-hybridized carbons (Fsp3) is 0.944. The van der Waals surface area contributed by atoms with E-state index >= 15 is 0 Å².